The Bertz CT molecular complexity index is 899. The molecule has 1 heterocycles. The van der Waals surface area contributed by atoms with E-state index in [4.69, 9.17) is 4.74 Å². The van der Waals surface area contributed by atoms with Crippen molar-refractivity contribution in [3.63, 3.8) is 0 Å². The van der Waals surface area contributed by atoms with Gasteiger partial charge in [-0.3, -0.25) is 14.9 Å². The lowest BCUT2D eigenvalue weighted by Gasteiger charge is -2.41. The van der Waals surface area contributed by atoms with E-state index in [-0.39, 0.29) is 17.7 Å². The molecule has 0 radical (unpaired) electrons. The molecule has 2 aromatic carbocycles. The number of nitro groups is 1. The Labute approximate surface area is 156 Å². The van der Waals surface area contributed by atoms with Gasteiger partial charge in [-0.15, -0.1) is 0 Å². The van der Waals surface area contributed by atoms with Crippen molar-refractivity contribution in [3.05, 3.63) is 57.6 Å². The van der Waals surface area contributed by atoms with E-state index in [9.17, 15) is 20.0 Å². The summed E-state index contributed by atoms with van der Waals surface area (Å²) in [5.41, 5.74) is 1.19. The second-order valence-corrected chi connectivity index (χ2v) is 6.41. The van der Waals surface area contributed by atoms with Crippen LogP contribution in [0.5, 0.6) is 11.5 Å². The topological polar surface area (TPSA) is 105 Å². The molecule has 0 aliphatic carbocycles. The van der Waals surface area contributed by atoms with E-state index in [2.05, 4.69) is 5.32 Å². The lowest BCUT2D eigenvalue weighted by molar-refractivity contribution is -0.386. The fourth-order valence-electron chi connectivity index (χ4n) is 3.23. The van der Waals surface area contributed by atoms with E-state index in [1.165, 1.54) is 19.2 Å². The van der Waals surface area contributed by atoms with Gasteiger partial charge in [-0.1, -0.05) is 19.1 Å². The average Bonchev–Trinajstić information content (AvgIpc) is 2.67. The van der Waals surface area contributed by atoms with Crippen LogP contribution in [-0.2, 0) is 0 Å². The number of anilines is 1. The molecule has 8 nitrogen and oxygen atoms in total. The van der Waals surface area contributed by atoms with Crippen molar-refractivity contribution in [2.45, 2.75) is 32.5 Å². The average molecular weight is 371 g/mol. The Morgan fingerprint density at radius 2 is 2.07 bits per heavy atom. The minimum Gasteiger partial charge on any atom is -0.500 e. The highest BCUT2D eigenvalue weighted by Crippen LogP contribution is 2.42. The van der Waals surface area contributed by atoms with E-state index in [0.717, 1.165) is 0 Å². The van der Waals surface area contributed by atoms with Crippen LogP contribution in [0.1, 0.15) is 42.4 Å². The van der Waals surface area contributed by atoms with E-state index in [1.807, 2.05) is 19.9 Å². The largest absolute Gasteiger partial charge is 0.500 e. The smallest absolute Gasteiger partial charge is 0.315 e. The lowest BCUT2D eigenvalue weighted by Crippen LogP contribution is -2.47. The number of carbonyl (C=O) groups excluding carboxylic acids is 1. The van der Waals surface area contributed by atoms with Gasteiger partial charge in [0.2, 0.25) is 5.75 Å². The van der Waals surface area contributed by atoms with Crippen LogP contribution < -0.4 is 10.1 Å². The molecule has 1 aliphatic rings. The molecule has 0 saturated carbocycles. The van der Waals surface area contributed by atoms with Gasteiger partial charge < -0.3 is 20.1 Å². The quantitative estimate of drug-likeness (QED) is 0.614. The van der Waals surface area contributed by atoms with E-state index >= 15 is 0 Å². The van der Waals surface area contributed by atoms with Crippen molar-refractivity contribution in [3.8, 4) is 11.5 Å². The summed E-state index contributed by atoms with van der Waals surface area (Å²) in [7, 11) is 1.32. The van der Waals surface area contributed by atoms with Crippen molar-refractivity contribution in [2.24, 2.45) is 0 Å². The molecule has 2 aromatic rings. The number of nitrogens with one attached hydrogen (secondary N) is 1. The van der Waals surface area contributed by atoms with Crippen LogP contribution >= 0.6 is 0 Å². The highest BCUT2D eigenvalue weighted by atomic mass is 16.6. The molecule has 0 unspecified atom stereocenters. The number of nitro benzene ring substituents is 1. The molecule has 0 bridgehead atoms. The fourth-order valence-corrected chi connectivity index (χ4v) is 3.23. The second-order valence-electron chi connectivity index (χ2n) is 6.41. The van der Waals surface area contributed by atoms with Gasteiger partial charge in [-0.05, 0) is 31.5 Å². The van der Waals surface area contributed by atoms with Crippen LogP contribution in [0, 0.1) is 10.1 Å². The standard InChI is InChI=1S/C19H21N3O5/c1-4-11(2)21-18(20-14-8-6-5-7-13(14)19(21)24)12-9-15(22(25)26)17(23)16(10-12)27-3/h5-11,18,20,23H,4H2,1-3H3/t11-,18-/m0/s1. The molecule has 1 amide bonds. The first-order valence-electron chi connectivity index (χ1n) is 8.62. The number of hydrogen-bond donors (Lipinski definition) is 2. The number of fused-ring (bicyclic) bond motifs is 1. The van der Waals surface area contributed by atoms with Gasteiger partial charge in [0, 0.05) is 23.4 Å². The van der Waals surface area contributed by atoms with E-state index in [1.54, 1.807) is 23.1 Å². The SMILES string of the molecule is CC[C@H](C)N1C(=O)c2ccccc2N[C@@H]1c1cc(OC)c(O)c([N+](=O)[O-])c1. The summed E-state index contributed by atoms with van der Waals surface area (Å²) >= 11 is 0. The Morgan fingerprint density at radius 3 is 2.70 bits per heavy atom. The van der Waals surface area contributed by atoms with Gasteiger partial charge in [-0.25, -0.2) is 0 Å². The van der Waals surface area contributed by atoms with Crippen LogP contribution in [0.25, 0.3) is 0 Å². The number of para-hydroxylation sites is 1. The van der Waals surface area contributed by atoms with Crippen molar-refractivity contribution < 1.29 is 19.6 Å². The second kappa shape index (κ2) is 7.14. The van der Waals surface area contributed by atoms with Crippen LogP contribution in [0.2, 0.25) is 0 Å². The summed E-state index contributed by atoms with van der Waals surface area (Å²) in [5.74, 6) is -0.710. The van der Waals surface area contributed by atoms with Crippen molar-refractivity contribution in [2.75, 3.05) is 12.4 Å². The van der Waals surface area contributed by atoms with Gasteiger partial charge in [0.1, 0.15) is 6.17 Å². The maximum atomic E-state index is 13.1. The Hall–Kier alpha value is -3.29. The zero-order valence-electron chi connectivity index (χ0n) is 15.3. The van der Waals surface area contributed by atoms with Gasteiger partial charge in [0.15, 0.2) is 5.75 Å². The molecular formula is C19H21N3O5. The number of carbonyl (C=O) groups is 1. The monoisotopic (exact) mass is 371 g/mol. The van der Waals surface area contributed by atoms with Crippen LogP contribution in [-0.4, -0.2) is 34.0 Å². The molecule has 2 atom stereocenters. The molecule has 27 heavy (non-hydrogen) atoms. The Kier molecular flexibility index (Phi) is 4.89. The highest BCUT2D eigenvalue weighted by Gasteiger charge is 2.36. The summed E-state index contributed by atoms with van der Waals surface area (Å²) in [5, 5.41) is 24.7. The first kappa shape index (κ1) is 18.5. The Balaban J connectivity index is 2.17. The maximum Gasteiger partial charge on any atom is 0.315 e. The molecule has 3 rings (SSSR count). The van der Waals surface area contributed by atoms with Gasteiger partial charge in [-0.2, -0.15) is 0 Å². The molecule has 0 aromatic heterocycles. The molecule has 142 valence electrons. The van der Waals surface area contributed by atoms with Crippen molar-refractivity contribution in [1.29, 1.82) is 0 Å². The number of rotatable bonds is 5. The van der Waals surface area contributed by atoms with Crippen molar-refractivity contribution >= 4 is 17.3 Å². The summed E-state index contributed by atoms with van der Waals surface area (Å²) in [6, 6.07) is 9.82. The number of nitrogens with zero attached hydrogens (tertiary/aromatic N) is 2. The van der Waals surface area contributed by atoms with Gasteiger partial charge >= 0.3 is 5.69 Å². The maximum absolute atomic E-state index is 13.1. The fraction of sp³-hybridized carbons (Fsp3) is 0.316. The third kappa shape index (κ3) is 3.14. The lowest BCUT2D eigenvalue weighted by atomic mass is 10.00. The predicted octanol–water partition coefficient (Wildman–Crippen LogP) is 3.67. The number of phenols is 1. The normalized spacial score (nSPS) is 17.1. The van der Waals surface area contributed by atoms with E-state index in [0.29, 0.717) is 23.2 Å². The van der Waals surface area contributed by atoms with Crippen LogP contribution in [0.15, 0.2) is 36.4 Å². The summed E-state index contributed by atoms with van der Waals surface area (Å²) in [6.07, 6.45) is 0.0826. The number of amides is 1. The molecule has 0 fully saturated rings. The minimum absolute atomic E-state index is 0.0172. The molecule has 1 aliphatic heterocycles. The molecule has 0 spiro atoms. The molecule has 0 saturated heterocycles. The predicted molar refractivity (Wildman–Crippen MR) is 100 cm³/mol. The number of hydrogen-bond acceptors (Lipinski definition) is 6. The number of ether oxygens (including phenoxy) is 1. The van der Waals surface area contributed by atoms with Gasteiger partial charge in [0.05, 0.1) is 17.6 Å². The van der Waals surface area contributed by atoms with Crippen molar-refractivity contribution in [1.82, 2.24) is 4.90 Å². The number of methoxy groups -OCH3 is 1. The third-order valence-corrected chi connectivity index (χ3v) is 4.84. The summed E-state index contributed by atoms with van der Waals surface area (Å²) in [6.45, 7) is 3.89. The summed E-state index contributed by atoms with van der Waals surface area (Å²) < 4.78 is 5.10. The zero-order chi connectivity index (χ0) is 19.7. The minimum atomic E-state index is -0.673. The molecular weight excluding hydrogens is 350 g/mol. The van der Waals surface area contributed by atoms with Crippen LogP contribution in [0.4, 0.5) is 11.4 Å². The summed E-state index contributed by atoms with van der Waals surface area (Å²) in [4.78, 5) is 25.5. The zero-order valence-corrected chi connectivity index (χ0v) is 15.3. The van der Waals surface area contributed by atoms with Gasteiger partial charge in [0.25, 0.3) is 5.91 Å². The third-order valence-electron chi connectivity index (χ3n) is 4.84. The first-order chi connectivity index (χ1) is 12.9. The molecule has 8 heteroatoms. The number of aromatic hydroxyl groups is 1. The Morgan fingerprint density at radius 1 is 1.37 bits per heavy atom. The highest BCUT2D eigenvalue weighted by molar-refractivity contribution is 6.02. The number of benzene rings is 2. The van der Waals surface area contributed by atoms with E-state index < -0.39 is 22.5 Å². The first-order valence-corrected chi connectivity index (χ1v) is 8.62. The van der Waals surface area contributed by atoms with Crippen LogP contribution in [0.3, 0.4) is 0 Å². The number of phenolic OH excluding ortho intramolecular Hbond substituents is 1. The molecule has 2 N–H and O–H groups in total.